The number of hydrogen-bond donors (Lipinski definition) is 8. The van der Waals surface area contributed by atoms with Crippen molar-refractivity contribution in [3.63, 3.8) is 0 Å². The summed E-state index contributed by atoms with van der Waals surface area (Å²) in [6.07, 6.45) is 17.9. The molecule has 46 heteroatoms. The number of alkyl halides is 1. The number of hydrogen-bond acceptors (Lipinski definition) is 33. The second-order valence-electron chi connectivity index (χ2n) is 37.8. The van der Waals surface area contributed by atoms with Crippen molar-refractivity contribution < 1.29 is 181 Å². The Labute approximate surface area is 932 Å². The summed E-state index contributed by atoms with van der Waals surface area (Å²) in [5.41, 5.74) is 28.5. The molecule has 0 unspecified atom stereocenters. The number of benzene rings is 6. The van der Waals surface area contributed by atoms with Gasteiger partial charge in [-0.25, -0.2) is 53.5 Å². The van der Waals surface area contributed by atoms with Crippen LogP contribution in [0.15, 0.2) is 165 Å². The molecule has 4 aliphatic carbocycles. The molecule has 3 saturated heterocycles. The summed E-state index contributed by atoms with van der Waals surface area (Å²) < 4.78 is 49.8. The van der Waals surface area contributed by atoms with E-state index in [1.807, 2.05) is 80.7 Å². The molecule has 2 amide bonds. The predicted octanol–water partition coefficient (Wildman–Crippen LogP) is 11.8. The largest absolute Gasteiger partial charge is 1.00 e. The van der Waals surface area contributed by atoms with Crippen LogP contribution in [-0.2, 0) is 28.8 Å². The number of rotatable bonds is 28. The van der Waals surface area contributed by atoms with Crippen LogP contribution in [0.5, 0.6) is 34.5 Å². The fourth-order valence-corrected chi connectivity index (χ4v) is 19.5. The first-order valence-corrected chi connectivity index (χ1v) is 48.5. The van der Waals surface area contributed by atoms with Crippen molar-refractivity contribution in [3.05, 3.63) is 202 Å². The number of fused-ring (bicyclic) bond motifs is 3. The average Bonchev–Trinajstić information content (AvgIpc) is 0.776. The number of nitro groups is 3. The summed E-state index contributed by atoms with van der Waals surface area (Å²) >= 11 is 3.19. The smallest absolute Gasteiger partial charge is 0.481 e. The van der Waals surface area contributed by atoms with Crippen LogP contribution in [0.1, 0.15) is 158 Å². The van der Waals surface area contributed by atoms with E-state index in [1.54, 1.807) is 109 Å². The van der Waals surface area contributed by atoms with Gasteiger partial charge in [0.05, 0.1) is 55.0 Å². The van der Waals surface area contributed by atoms with Crippen LogP contribution >= 0.6 is 15.9 Å². The molecule has 6 aromatic carbocycles. The number of nitro benzene ring substituents is 3. The topological polar surface area (TPSA) is 560 Å². The van der Waals surface area contributed by atoms with Gasteiger partial charge in [-0.15, -0.1) is 0 Å². The Balaban J connectivity index is 0.000000179. The van der Waals surface area contributed by atoms with Crippen molar-refractivity contribution in [2.75, 3.05) is 94.5 Å². The Bertz CT molecular complexity index is 6380. The first-order valence-electron chi connectivity index (χ1n) is 47.9. The quantitative estimate of drug-likeness (QED) is 0.00429. The van der Waals surface area contributed by atoms with Crippen molar-refractivity contribution in [2.45, 2.75) is 168 Å². The molecule has 12 N–H and O–H groups in total. The number of nitrogens with one attached hydrogen (secondary N) is 3. The maximum atomic E-state index is 12.0. The molecule has 19 rings (SSSR count). The van der Waals surface area contributed by atoms with Gasteiger partial charge < -0.3 is 91.6 Å². The van der Waals surface area contributed by atoms with E-state index in [2.05, 4.69) is 81.4 Å². The molecule has 0 spiro atoms. The molecule has 7 fully saturated rings. The molecule has 42 nitrogen and oxygen atoms in total. The van der Waals surface area contributed by atoms with Crippen LogP contribution in [-0.4, -0.2) is 202 Å². The number of carbonyl (C=O) groups is 4. The zero-order chi connectivity index (χ0) is 103. The summed E-state index contributed by atoms with van der Waals surface area (Å²) in [6, 6.07) is 41.4. The Morgan fingerprint density at radius 3 is 1.21 bits per heavy atom. The number of alkyl carbamates (subject to hydrolysis) is 2. The van der Waals surface area contributed by atoms with E-state index in [-0.39, 0.29) is 192 Å². The number of nitrogens with two attached hydrogens (primary N) is 4. The molecule has 9 heterocycles. The maximum Gasteiger partial charge on any atom is 1.00 e. The molecule has 4 bridgehead atoms. The van der Waals surface area contributed by atoms with E-state index in [0.717, 1.165) is 114 Å². The number of nitrogen functional groups attached to an aromatic ring is 3. The SMILES string of the molecule is CC(C)(C)OC(=O)NCCBr.CC(C)(C)OC(=O)NCCN1CCC(n2nc(-c3ccc(Oc4ccccc4)c([N+](=O)[O-])c3)c3c(N)ncnc32)CC1.C[C@H](CCC12CC3CC(CC(C3)C1)C2)C(=O)O.NCCN1CCC(n2nc(-c3ccc(Oc4ccccc4)c([N+](=O)[O-])c3)c3c(N)ncnc32)CC1.Nc1ncnc2c1c(-c1ccc(Oc3ccccc3)c([N+](=O)[O-])c1)nn2C1CCNCC1.[2H]C(=O)OO[CH-]F.[K+].[K+]. The van der Waals surface area contributed by atoms with Crippen LogP contribution in [0.3, 0.4) is 0 Å². The molecule has 0 radical (unpaired) electrons. The number of para-hydroxylation sites is 3. The average molecular weight is 2110 g/mol. The third-order valence-electron chi connectivity index (χ3n) is 25.3. The third kappa shape index (κ3) is 31.5. The number of carboxylic acids is 1. The number of amides is 2. The van der Waals surface area contributed by atoms with Gasteiger partial charge in [0.2, 0.25) is 17.2 Å². The number of aromatic nitrogens is 12. The van der Waals surface area contributed by atoms with Gasteiger partial charge >= 0.3 is 144 Å². The van der Waals surface area contributed by atoms with Gasteiger partial charge in [-0.1, -0.05) is 77.5 Å². The van der Waals surface area contributed by atoms with E-state index >= 15 is 0 Å². The molecule has 4 saturated carbocycles. The first-order chi connectivity index (χ1) is 69.0. The molecule has 12 aromatic rings. The number of aliphatic carboxylic acids is 1. The Hall–Kier alpha value is -11.1. The summed E-state index contributed by atoms with van der Waals surface area (Å²) in [5, 5.41) is 70.5. The number of carboxylic acid groups (broad SMARTS) is 1. The van der Waals surface area contributed by atoms with Gasteiger partial charge in [-0.05, 0) is 247 Å². The van der Waals surface area contributed by atoms with Crippen molar-refractivity contribution in [1.82, 2.24) is 85.0 Å². The number of halogens is 2. The van der Waals surface area contributed by atoms with Crippen molar-refractivity contribution in [2.24, 2.45) is 34.8 Å². The zero-order valence-corrected chi connectivity index (χ0v) is 90.5. The molecule has 7 aliphatic rings. The maximum absolute atomic E-state index is 12.0. The fourth-order valence-electron chi connectivity index (χ4n) is 19.3. The number of nitrogens with zero attached hydrogens (tertiary/aromatic N) is 17. The minimum atomic E-state index is -1.44. The standard InChI is InChI=1S/C29H34N8O5.C24H26N8O3.C22H21N7O3.C15H24O2.C7H14BrNO2.C2H2FO3.2K/c1-29(2,3)42-28(38)31-13-16-35-14-11-20(12-15-35)36-27-24(26(30)32-18-33-27)25(34-36)19-9-10-23(22(17-19)37(39)40)41-21-7-5-4-6-8-21;25-10-13-30-11-8-17(9-12-30)31-24-21(23(26)27-15-28-24)22(29-31)16-6-7-20(19(14-16)32(33)34)35-18-4-2-1-3-5-18;23-21-19-20(27-28(22(19)26-13-25-21)15-8-10-24-11-9-15)14-6-7-18(17(12-14)29(30)31)32-16-4-2-1-3-5-16;1-10(14(16)17)2-3-15-7-11-4-12(8-15)6-13(5-11)9-15;1-7(2,3)11-6(10)9-5-4-8;3-1-5-6-2-4;;/h4-10,17-18,20H,11-16H2,1-3H3,(H,31,38)(H2,30,32,33);1-7,14-15,17H,8-13,25H2,(H2,26,27,28);1-7,12-13,15,24H,8-11H2,(H2,23,25,26);10-13H,2-9H2,1H3,(H,16,17);4-5H2,1-3H3,(H,9,10);1-2H;;/q;;;;;-1;2*+1/t;;;10-,11?,12?,13?,15?;;;;/m...1..../s1/i;;;;;2D;;. The van der Waals surface area contributed by atoms with Crippen molar-refractivity contribution in [1.29, 1.82) is 0 Å². The van der Waals surface area contributed by atoms with Crippen LogP contribution in [0.2, 0.25) is 0 Å². The number of anilines is 3. The number of piperidine rings is 3. The summed E-state index contributed by atoms with van der Waals surface area (Å²) in [7, 11) is 0. The van der Waals surface area contributed by atoms with E-state index in [1.165, 1.54) is 82.1 Å². The molecule has 3 aliphatic heterocycles. The minimum Gasteiger partial charge on any atom is -0.481 e. The van der Waals surface area contributed by atoms with E-state index in [9.17, 15) is 53.9 Å². The van der Waals surface area contributed by atoms with Gasteiger partial charge in [0.15, 0.2) is 18.3 Å². The number of likely N-dealkylation sites (tertiary alicyclic amines) is 2. The van der Waals surface area contributed by atoms with E-state index in [0.29, 0.717) is 116 Å². The Morgan fingerprint density at radius 2 is 0.903 bits per heavy atom. The van der Waals surface area contributed by atoms with Crippen molar-refractivity contribution >= 4 is 108 Å². The normalized spacial score (nSPS) is 17.5. The molecular formula is C99H121BrFK2N24O18+. The predicted molar refractivity (Wildman–Crippen MR) is 537 cm³/mol. The summed E-state index contributed by atoms with van der Waals surface area (Å²) in [6.45, 7) is 21.0. The second-order valence-corrected chi connectivity index (χ2v) is 38.6. The molecular weight excluding hydrogens is 1990 g/mol. The van der Waals surface area contributed by atoms with E-state index in [4.69, 9.17) is 68.4 Å². The molecule has 6 aromatic heterocycles. The van der Waals surface area contributed by atoms with Crippen LogP contribution in [0.4, 0.5) is 48.5 Å². The third-order valence-corrected chi connectivity index (χ3v) is 25.7. The van der Waals surface area contributed by atoms with Gasteiger partial charge in [0, 0.05) is 99.1 Å². The van der Waals surface area contributed by atoms with Crippen LogP contribution < -0.4 is 156 Å². The number of carbonyl (C=O) groups excluding carboxylic acids is 3. The monoisotopic (exact) mass is 2110 g/mol. The molecule has 1 atom stereocenters. The van der Waals surface area contributed by atoms with Crippen LogP contribution in [0, 0.1) is 66.3 Å². The minimum absolute atomic E-state index is 0. The zero-order valence-electron chi connectivity index (χ0n) is 83.6. The van der Waals surface area contributed by atoms with Crippen LogP contribution in [0.25, 0.3) is 66.9 Å². The van der Waals surface area contributed by atoms with Gasteiger partial charge in [0.25, 0.3) is 0 Å². The van der Waals surface area contributed by atoms with Gasteiger partial charge in [0.1, 0.15) is 82.0 Å². The number of ether oxygens (including phenoxy) is 5. The summed E-state index contributed by atoms with van der Waals surface area (Å²) in [4.78, 5) is 114. The van der Waals surface area contributed by atoms with Gasteiger partial charge in [-0.3, -0.25) is 39.9 Å². The molecule has 145 heavy (non-hydrogen) atoms. The first kappa shape index (κ1) is 113. The van der Waals surface area contributed by atoms with Crippen molar-refractivity contribution in [3.8, 4) is 68.3 Å². The summed E-state index contributed by atoms with van der Waals surface area (Å²) in [5.74, 6) is 4.95. The van der Waals surface area contributed by atoms with Gasteiger partial charge in [-0.2, -0.15) is 15.3 Å². The Kier molecular flexibility index (Phi) is 42.0. The van der Waals surface area contributed by atoms with E-state index < -0.39 is 44.5 Å². The Morgan fingerprint density at radius 1 is 0.559 bits per heavy atom. The fraction of sp³-hybridized carbons (Fsp3) is 0.434. The molecule has 760 valence electrons. The second kappa shape index (κ2) is 54.0.